The SMILES string of the molecule is N#CN.N#CN.[Ba+2].[H-].[H-]. The van der Waals surface area contributed by atoms with Crippen LogP contribution in [0.15, 0.2) is 0 Å². The second-order valence-corrected chi connectivity index (χ2v) is 0.258. The van der Waals surface area contributed by atoms with Gasteiger partial charge in [0.05, 0.1) is 0 Å². The molecular formula is C2H6BaN4. The molecule has 0 aliphatic heterocycles. The Morgan fingerprint density at radius 2 is 1.14 bits per heavy atom. The van der Waals surface area contributed by atoms with Crippen molar-refractivity contribution in [3.05, 3.63) is 0 Å². The Labute approximate surface area is 85.1 Å². The van der Waals surface area contributed by atoms with Crippen molar-refractivity contribution in [3.8, 4) is 12.4 Å². The molecule has 0 aliphatic carbocycles. The van der Waals surface area contributed by atoms with Crippen LogP contribution in [0.25, 0.3) is 0 Å². The molecule has 0 aromatic carbocycles. The maximum atomic E-state index is 7.10. The molecule has 0 atom stereocenters. The Morgan fingerprint density at radius 1 is 1.14 bits per heavy atom. The Kier molecular flexibility index (Phi) is 79.1. The van der Waals surface area contributed by atoms with Crippen LogP contribution < -0.4 is 11.5 Å². The summed E-state index contributed by atoms with van der Waals surface area (Å²) in [4.78, 5) is 0. The fraction of sp³-hybridized carbons (Fsp3) is 0. The topological polar surface area (TPSA) is 99.6 Å². The van der Waals surface area contributed by atoms with Crippen LogP contribution in [-0.2, 0) is 0 Å². The van der Waals surface area contributed by atoms with E-state index in [1.165, 1.54) is 12.4 Å². The summed E-state index contributed by atoms with van der Waals surface area (Å²) in [6.07, 6.45) is 2.50. The first kappa shape index (κ1) is 15.7. The molecule has 36 valence electrons. The number of nitrogens with two attached hydrogens (primary N) is 2. The number of nitriles is 2. The zero-order valence-corrected chi connectivity index (χ0v) is 8.20. The van der Waals surface area contributed by atoms with Gasteiger partial charge in [0.25, 0.3) is 0 Å². The number of rotatable bonds is 0. The number of nitrogens with zero attached hydrogens (tertiary/aromatic N) is 2. The zero-order valence-electron chi connectivity index (χ0n) is 5.76. The Hall–Kier alpha value is 0.151. The van der Waals surface area contributed by atoms with Gasteiger partial charge < -0.3 is 14.3 Å². The molecule has 0 aliphatic rings. The zero-order chi connectivity index (χ0) is 5.41. The van der Waals surface area contributed by atoms with Crippen LogP contribution in [0.2, 0.25) is 0 Å². The molecule has 0 rings (SSSR count). The smallest absolute Gasteiger partial charge is 1.00 e. The van der Waals surface area contributed by atoms with Crippen LogP contribution in [0.5, 0.6) is 0 Å². The second-order valence-electron chi connectivity index (χ2n) is 0.258. The van der Waals surface area contributed by atoms with Crippen molar-refractivity contribution in [1.82, 2.24) is 0 Å². The second kappa shape index (κ2) is 35.3. The summed E-state index contributed by atoms with van der Waals surface area (Å²) >= 11 is 0. The van der Waals surface area contributed by atoms with E-state index in [4.69, 9.17) is 10.5 Å². The van der Waals surface area contributed by atoms with E-state index in [0.717, 1.165) is 0 Å². The van der Waals surface area contributed by atoms with Crippen LogP contribution in [0, 0.1) is 22.9 Å². The van der Waals surface area contributed by atoms with E-state index in [2.05, 4.69) is 11.5 Å². The summed E-state index contributed by atoms with van der Waals surface area (Å²) in [6, 6.07) is 0. The molecule has 0 heterocycles. The van der Waals surface area contributed by atoms with Crippen LogP contribution in [0.4, 0.5) is 0 Å². The van der Waals surface area contributed by atoms with E-state index < -0.39 is 0 Å². The minimum Gasteiger partial charge on any atom is -1.00 e. The molecular weight excluding hydrogens is 217 g/mol. The van der Waals surface area contributed by atoms with Crippen LogP contribution in [0.1, 0.15) is 2.85 Å². The molecule has 5 heteroatoms. The van der Waals surface area contributed by atoms with Crippen molar-refractivity contribution in [2.75, 3.05) is 0 Å². The molecule has 0 unspecified atom stereocenters. The van der Waals surface area contributed by atoms with Crippen molar-refractivity contribution in [2.24, 2.45) is 11.5 Å². The summed E-state index contributed by atoms with van der Waals surface area (Å²) < 4.78 is 0. The van der Waals surface area contributed by atoms with E-state index in [1.54, 1.807) is 0 Å². The van der Waals surface area contributed by atoms with E-state index in [-0.39, 0.29) is 51.7 Å². The quantitative estimate of drug-likeness (QED) is 0.303. The minimum absolute atomic E-state index is 0. The van der Waals surface area contributed by atoms with Gasteiger partial charge in [-0.1, -0.05) is 0 Å². The fourth-order valence-electron chi connectivity index (χ4n) is 0. The first-order chi connectivity index (χ1) is 2.83. The third-order valence-electron chi connectivity index (χ3n) is 0. The van der Waals surface area contributed by atoms with Gasteiger partial charge in [-0.2, -0.15) is 10.5 Å². The molecule has 0 saturated carbocycles. The predicted molar refractivity (Wildman–Crippen MR) is 27.6 cm³/mol. The maximum Gasteiger partial charge on any atom is 2.00 e. The Bertz CT molecular complexity index is 71.5. The van der Waals surface area contributed by atoms with Crippen molar-refractivity contribution in [2.45, 2.75) is 0 Å². The van der Waals surface area contributed by atoms with Gasteiger partial charge in [0.2, 0.25) is 0 Å². The monoisotopic (exact) mass is 224 g/mol. The third kappa shape index (κ3) is 4620. The molecule has 0 aromatic heterocycles. The van der Waals surface area contributed by atoms with Crippen LogP contribution >= 0.6 is 0 Å². The van der Waals surface area contributed by atoms with E-state index in [9.17, 15) is 0 Å². The van der Waals surface area contributed by atoms with Gasteiger partial charge in [0.15, 0.2) is 12.4 Å². The average molecular weight is 223 g/mol. The normalized spacial score (nSPS) is 2.00. The molecule has 0 aromatic rings. The van der Waals surface area contributed by atoms with Crippen LogP contribution in [0.3, 0.4) is 0 Å². The van der Waals surface area contributed by atoms with Crippen LogP contribution in [-0.4, -0.2) is 48.9 Å². The van der Waals surface area contributed by atoms with Gasteiger partial charge >= 0.3 is 48.9 Å². The van der Waals surface area contributed by atoms with Gasteiger partial charge in [-0.05, 0) is 0 Å². The fourth-order valence-corrected chi connectivity index (χ4v) is 0. The first-order valence-electron chi connectivity index (χ1n) is 1.02. The van der Waals surface area contributed by atoms with Gasteiger partial charge in [-0.25, -0.2) is 0 Å². The number of hydrogen-bond donors (Lipinski definition) is 2. The largest absolute Gasteiger partial charge is 2.00 e. The number of hydrogen-bond acceptors (Lipinski definition) is 4. The van der Waals surface area contributed by atoms with Crippen molar-refractivity contribution in [1.29, 1.82) is 10.5 Å². The van der Waals surface area contributed by atoms with E-state index in [0.29, 0.717) is 0 Å². The van der Waals surface area contributed by atoms with Crippen molar-refractivity contribution in [3.63, 3.8) is 0 Å². The molecule has 0 radical (unpaired) electrons. The van der Waals surface area contributed by atoms with Gasteiger partial charge in [-0.15, -0.1) is 0 Å². The Morgan fingerprint density at radius 3 is 1.14 bits per heavy atom. The maximum absolute atomic E-state index is 7.10. The summed E-state index contributed by atoms with van der Waals surface area (Å²) in [6.45, 7) is 0. The van der Waals surface area contributed by atoms with E-state index in [1.807, 2.05) is 0 Å². The van der Waals surface area contributed by atoms with E-state index >= 15 is 0 Å². The Balaban J connectivity index is -0.00000000889. The molecule has 0 amide bonds. The molecule has 4 nitrogen and oxygen atoms in total. The van der Waals surface area contributed by atoms with Crippen molar-refractivity contribution < 1.29 is 2.85 Å². The molecule has 0 bridgehead atoms. The predicted octanol–water partition coefficient (Wildman–Crippen LogP) is -1.30. The summed E-state index contributed by atoms with van der Waals surface area (Å²) in [5.41, 5.74) is 8.31. The summed E-state index contributed by atoms with van der Waals surface area (Å²) in [5, 5.41) is 14.2. The van der Waals surface area contributed by atoms with Crippen molar-refractivity contribution >= 4 is 48.9 Å². The van der Waals surface area contributed by atoms with Gasteiger partial charge in [0.1, 0.15) is 0 Å². The third-order valence-corrected chi connectivity index (χ3v) is 0. The van der Waals surface area contributed by atoms with Gasteiger partial charge in [0, 0.05) is 0 Å². The molecule has 0 spiro atoms. The average Bonchev–Trinajstić information content (AvgIpc) is 1.39. The molecule has 0 fully saturated rings. The minimum atomic E-state index is 0. The van der Waals surface area contributed by atoms with Gasteiger partial charge in [-0.3, -0.25) is 0 Å². The molecule has 4 N–H and O–H groups in total. The molecule has 0 saturated heterocycles. The standard InChI is InChI=1S/2CH2N2.Ba.2H/c2*2-1-3;;;/h2*2H2;;;/q;;+2;2*-1. The molecule has 7 heavy (non-hydrogen) atoms. The summed E-state index contributed by atoms with van der Waals surface area (Å²) in [5.74, 6) is 0. The summed E-state index contributed by atoms with van der Waals surface area (Å²) in [7, 11) is 0. The first-order valence-corrected chi connectivity index (χ1v) is 1.02.